The van der Waals surface area contributed by atoms with E-state index in [0.717, 1.165) is 37.5 Å². The lowest BCUT2D eigenvalue weighted by atomic mass is 9.99. The fraction of sp³-hybridized carbons (Fsp3) is 0.619. The molecule has 1 aromatic carbocycles. The molecule has 0 aromatic heterocycles. The van der Waals surface area contributed by atoms with Crippen molar-refractivity contribution in [3.05, 3.63) is 35.4 Å². The molecule has 1 aromatic rings. The Hall–Kier alpha value is -1.88. The number of nitrogens with zero attached hydrogens (tertiary/aromatic N) is 1. The average Bonchev–Trinajstić information content (AvgIpc) is 3.45. The van der Waals surface area contributed by atoms with Crippen molar-refractivity contribution < 1.29 is 9.59 Å². The van der Waals surface area contributed by atoms with Crippen molar-refractivity contribution in [2.24, 2.45) is 5.92 Å². The third-order valence-electron chi connectivity index (χ3n) is 5.56. The highest BCUT2D eigenvalue weighted by Gasteiger charge is 2.33. The number of aryl methyl sites for hydroxylation is 1. The van der Waals surface area contributed by atoms with Gasteiger partial charge in [0.25, 0.3) is 5.91 Å². The summed E-state index contributed by atoms with van der Waals surface area (Å²) in [7, 11) is 0. The highest BCUT2D eigenvalue weighted by Crippen LogP contribution is 2.29. The van der Waals surface area contributed by atoms with Crippen LogP contribution in [-0.4, -0.2) is 47.9 Å². The monoisotopic (exact) mass is 357 g/mol. The molecule has 26 heavy (non-hydrogen) atoms. The molecule has 2 fully saturated rings. The number of amides is 2. The Bertz CT molecular complexity index is 646. The number of nitrogens with one attached hydrogen (secondary N) is 2. The second kappa shape index (κ2) is 8.21. The predicted molar refractivity (Wildman–Crippen MR) is 103 cm³/mol. The van der Waals surface area contributed by atoms with Crippen LogP contribution in [0.25, 0.3) is 0 Å². The van der Waals surface area contributed by atoms with E-state index in [1.54, 1.807) is 6.07 Å². The van der Waals surface area contributed by atoms with E-state index >= 15 is 0 Å². The quantitative estimate of drug-likeness (QED) is 0.822. The Morgan fingerprint density at radius 2 is 1.73 bits per heavy atom. The number of benzene rings is 1. The van der Waals surface area contributed by atoms with Gasteiger partial charge in [0.2, 0.25) is 5.91 Å². The van der Waals surface area contributed by atoms with Gasteiger partial charge in [-0.15, -0.1) is 0 Å². The minimum absolute atomic E-state index is 0.0366. The highest BCUT2D eigenvalue weighted by atomic mass is 16.2. The molecule has 5 heteroatoms. The molecule has 1 atom stereocenters. The van der Waals surface area contributed by atoms with Crippen molar-refractivity contribution in [1.82, 2.24) is 15.5 Å². The van der Waals surface area contributed by atoms with E-state index in [1.807, 2.05) is 39.0 Å². The van der Waals surface area contributed by atoms with Crippen LogP contribution in [0.1, 0.15) is 55.5 Å². The van der Waals surface area contributed by atoms with Crippen LogP contribution in [0.15, 0.2) is 24.3 Å². The predicted octanol–water partition coefficient (Wildman–Crippen LogP) is 2.49. The topological polar surface area (TPSA) is 61.4 Å². The summed E-state index contributed by atoms with van der Waals surface area (Å²) in [5.74, 6) is -0.207. The van der Waals surface area contributed by atoms with Gasteiger partial charge < -0.3 is 15.5 Å². The lowest BCUT2D eigenvalue weighted by Crippen LogP contribution is -2.54. The maximum atomic E-state index is 12.8. The first-order chi connectivity index (χ1) is 12.5. The molecule has 0 bridgehead atoms. The molecule has 2 aliphatic rings. The van der Waals surface area contributed by atoms with Gasteiger partial charge >= 0.3 is 0 Å². The van der Waals surface area contributed by atoms with E-state index in [1.165, 1.54) is 12.8 Å². The van der Waals surface area contributed by atoms with E-state index in [-0.39, 0.29) is 23.8 Å². The van der Waals surface area contributed by atoms with Crippen LogP contribution in [-0.2, 0) is 4.79 Å². The number of carbonyl (C=O) groups is 2. The van der Waals surface area contributed by atoms with E-state index in [9.17, 15) is 9.59 Å². The van der Waals surface area contributed by atoms with Gasteiger partial charge in [0.15, 0.2) is 0 Å². The summed E-state index contributed by atoms with van der Waals surface area (Å²) in [6.45, 7) is 7.98. The fourth-order valence-electron chi connectivity index (χ4n) is 3.72. The lowest BCUT2D eigenvalue weighted by Gasteiger charge is -2.33. The maximum Gasteiger partial charge on any atom is 0.252 e. The minimum Gasteiger partial charge on any atom is -0.351 e. The number of rotatable bonds is 6. The number of hydrogen-bond acceptors (Lipinski definition) is 3. The van der Waals surface area contributed by atoms with Crippen molar-refractivity contribution in [3.63, 3.8) is 0 Å². The summed E-state index contributed by atoms with van der Waals surface area (Å²) in [5, 5.41) is 6.11. The average molecular weight is 357 g/mol. The Morgan fingerprint density at radius 3 is 2.31 bits per heavy atom. The Balaban J connectivity index is 1.56. The van der Waals surface area contributed by atoms with Crippen molar-refractivity contribution in [3.8, 4) is 0 Å². The van der Waals surface area contributed by atoms with Crippen LogP contribution in [0.2, 0.25) is 0 Å². The number of likely N-dealkylation sites (tertiary alicyclic amines) is 1. The molecule has 1 aliphatic heterocycles. The van der Waals surface area contributed by atoms with Gasteiger partial charge in [-0.3, -0.25) is 9.59 Å². The molecule has 5 nitrogen and oxygen atoms in total. The van der Waals surface area contributed by atoms with Crippen LogP contribution >= 0.6 is 0 Å². The normalized spacial score (nSPS) is 20.0. The molecule has 2 N–H and O–H groups in total. The lowest BCUT2D eigenvalue weighted by molar-refractivity contribution is -0.125. The van der Waals surface area contributed by atoms with Crippen LogP contribution in [0.3, 0.4) is 0 Å². The summed E-state index contributed by atoms with van der Waals surface area (Å²) < 4.78 is 0. The molecule has 1 heterocycles. The first-order valence-electron chi connectivity index (χ1n) is 9.86. The van der Waals surface area contributed by atoms with E-state index < -0.39 is 6.04 Å². The summed E-state index contributed by atoms with van der Waals surface area (Å²) in [4.78, 5) is 27.9. The standard InChI is InChI=1S/C21H31N3O2/c1-14(2)19(23-20(25)18-7-5-4-6-15(18)3)21(26)22-16-10-12-24(13-11-16)17-8-9-17/h4-7,14,16-17,19H,8-13H2,1-3H3,(H,22,26)(H,23,25). The first kappa shape index (κ1) is 18.9. The zero-order valence-corrected chi connectivity index (χ0v) is 16.1. The van der Waals surface area contributed by atoms with Crippen LogP contribution in [0.5, 0.6) is 0 Å². The largest absolute Gasteiger partial charge is 0.351 e. The van der Waals surface area contributed by atoms with Crippen molar-refractivity contribution in [1.29, 1.82) is 0 Å². The molecular weight excluding hydrogens is 326 g/mol. The van der Waals surface area contributed by atoms with Crippen LogP contribution in [0.4, 0.5) is 0 Å². The van der Waals surface area contributed by atoms with Crippen LogP contribution < -0.4 is 10.6 Å². The summed E-state index contributed by atoms with van der Waals surface area (Å²) in [6.07, 6.45) is 4.66. The summed E-state index contributed by atoms with van der Waals surface area (Å²) in [6, 6.07) is 7.97. The molecule has 1 unspecified atom stereocenters. The molecular formula is C21H31N3O2. The Morgan fingerprint density at radius 1 is 1.08 bits per heavy atom. The molecule has 2 amide bonds. The molecule has 1 saturated carbocycles. The third kappa shape index (κ3) is 4.64. The van der Waals surface area contributed by atoms with Gasteiger partial charge in [0, 0.05) is 30.7 Å². The third-order valence-corrected chi connectivity index (χ3v) is 5.56. The van der Waals surface area contributed by atoms with Crippen molar-refractivity contribution in [2.75, 3.05) is 13.1 Å². The van der Waals surface area contributed by atoms with Crippen LogP contribution in [0, 0.1) is 12.8 Å². The summed E-state index contributed by atoms with van der Waals surface area (Å²) >= 11 is 0. The molecule has 142 valence electrons. The SMILES string of the molecule is Cc1ccccc1C(=O)NC(C(=O)NC1CCN(C2CC2)CC1)C(C)C. The van der Waals surface area contributed by atoms with Crippen molar-refractivity contribution >= 4 is 11.8 Å². The van der Waals surface area contributed by atoms with E-state index in [4.69, 9.17) is 0 Å². The van der Waals surface area contributed by atoms with E-state index in [2.05, 4.69) is 15.5 Å². The number of hydrogen-bond donors (Lipinski definition) is 2. The van der Waals surface area contributed by atoms with Gasteiger partial charge in [-0.2, -0.15) is 0 Å². The minimum atomic E-state index is -0.511. The highest BCUT2D eigenvalue weighted by molar-refractivity contribution is 5.98. The summed E-state index contributed by atoms with van der Waals surface area (Å²) in [5.41, 5.74) is 1.55. The van der Waals surface area contributed by atoms with Crippen molar-refractivity contribution in [2.45, 2.75) is 64.6 Å². The molecule has 1 aliphatic carbocycles. The van der Waals surface area contributed by atoms with Gasteiger partial charge in [-0.05, 0) is 50.2 Å². The second-order valence-corrected chi connectivity index (χ2v) is 8.06. The zero-order valence-electron chi connectivity index (χ0n) is 16.1. The van der Waals surface area contributed by atoms with Gasteiger partial charge in [-0.1, -0.05) is 32.0 Å². The number of carbonyl (C=O) groups excluding carboxylic acids is 2. The maximum absolute atomic E-state index is 12.8. The molecule has 1 saturated heterocycles. The first-order valence-corrected chi connectivity index (χ1v) is 9.86. The molecule has 0 spiro atoms. The fourth-order valence-corrected chi connectivity index (χ4v) is 3.72. The smallest absolute Gasteiger partial charge is 0.252 e. The van der Waals surface area contributed by atoms with Gasteiger partial charge in [0.1, 0.15) is 6.04 Å². The van der Waals surface area contributed by atoms with E-state index in [0.29, 0.717) is 5.56 Å². The van der Waals surface area contributed by atoms with Gasteiger partial charge in [-0.25, -0.2) is 0 Å². The zero-order chi connectivity index (χ0) is 18.7. The second-order valence-electron chi connectivity index (χ2n) is 8.06. The Labute approximate surface area is 156 Å². The number of piperidine rings is 1. The molecule has 3 rings (SSSR count). The van der Waals surface area contributed by atoms with Gasteiger partial charge in [0.05, 0.1) is 0 Å². The molecule has 0 radical (unpaired) electrons. The Kier molecular flexibility index (Phi) is 5.97.